The molecule has 0 aliphatic carbocycles. The second-order valence-electron chi connectivity index (χ2n) is 9.29. The van der Waals surface area contributed by atoms with E-state index in [-0.39, 0.29) is 11.1 Å². The maximum atomic E-state index is 15.2. The lowest BCUT2D eigenvalue weighted by Crippen LogP contribution is -2.71. The van der Waals surface area contributed by atoms with Gasteiger partial charge in [-0.2, -0.15) is 0 Å². The molecule has 2 saturated heterocycles. The molecule has 2 aliphatic rings. The minimum atomic E-state index is -0.577. The maximum absolute atomic E-state index is 15.2. The van der Waals surface area contributed by atoms with E-state index in [2.05, 4.69) is 21.9 Å². The fourth-order valence-electron chi connectivity index (χ4n) is 5.35. The van der Waals surface area contributed by atoms with Gasteiger partial charge in [0.05, 0.1) is 11.4 Å². The third kappa shape index (κ3) is 3.89. The number of halogens is 2. The van der Waals surface area contributed by atoms with Crippen molar-refractivity contribution >= 4 is 22.7 Å². The maximum Gasteiger partial charge on any atom is 0.165 e. The Morgan fingerprint density at radius 2 is 1.63 bits per heavy atom. The van der Waals surface area contributed by atoms with E-state index in [0.29, 0.717) is 47.3 Å². The van der Waals surface area contributed by atoms with Crippen molar-refractivity contribution in [2.24, 2.45) is 5.41 Å². The fraction of sp³-hybridized carbons (Fsp3) is 0.346. The zero-order chi connectivity index (χ0) is 24.9. The van der Waals surface area contributed by atoms with E-state index >= 15 is 8.78 Å². The smallest absolute Gasteiger partial charge is 0.165 e. The predicted molar refractivity (Wildman–Crippen MR) is 135 cm³/mol. The first-order chi connectivity index (χ1) is 16.8. The molecule has 9 heteroatoms. The third-order valence-electron chi connectivity index (χ3n) is 6.59. The summed E-state index contributed by atoms with van der Waals surface area (Å²) in [5.41, 5.74) is 9.02. The number of likely N-dealkylation sites (tertiary alicyclic amines) is 1. The lowest BCUT2D eigenvalue weighted by atomic mass is 9.73. The molecule has 0 radical (unpaired) electrons. The number of hydrogen-bond acceptors (Lipinski definition) is 6. The van der Waals surface area contributed by atoms with Crippen molar-refractivity contribution < 1.29 is 8.78 Å². The van der Waals surface area contributed by atoms with Crippen LogP contribution in [0.4, 0.5) is 20.3 Å². The number of imidazole rings is 1. The van der Waals surface area contributed by atoms with E-state index < -0.39 is 11.6 Å². The molecule has 0 unspecified atom stereocenters. The monoisotopic (exact) mass is 477 g/mol. The first-order valence-corrected chi connectivity index (χ1v) is 11.8. The van der Waals surface area contributed by atoms with E-state index in [1.807, 2.05) is 32.0 Å². The highest BCUT2D eigenvalue weighted by Gasteiger charge is 2.51. The van der Waals surface area contributed by atoms with Crippen LogP contribution in [0.25, 0.3) is 28.1 Å². The topological polar surface area (TPSA) is 76.1 Å². The van der Waals surface area contributed by atoms with Crippen molar-refractivity contribution in [1.29, 1.82) is 0 Å². The Hall–Kier alpha value is -3.59. The van der Waals surface area contributed by atoms with Crippen LogP contribution in [0.15, 0.2) is 42.6 Å². The molecule has 1 spiro atoms. The van der Waals surface area contributed by atoms with Gasteiger partial charge in [0.1, 0.15) is 22.8 Å². The van der Waals surface area contributed by atoms with Gasteiger partial charge in [-0.1, -0.05) is 13.8 Å². The van der Waals surface area contributed by atoms with Crippen LogP contribution in [0.5, 0.6) is 0 Å². The molecule has 2 fully saturated rings. The minimum absolute atomic E-state index is 0.0434. The van der Waals surface area contributed by atoms with Crippen LogP contribution in [0, 0.1) is 24.0 Å². The van der Waals surface area contributed by atoms with Gasteiger partial charge in [0.25, 0.3) is 0 Å². The largest absolute Gasteiger partial charge is 0.384 e. The van der Waals surface area contributed by atoms with Crippen molar-refractivity contribution in [2.75, 3.05) is 43.9 Å². The van der Waals surface area contributed by atoms with Gasteiger partial charge in [0.15, 0.2) is 17.3 Å². The van der Waals surface area contributed by atoms with Crippen LogP contribution in [-0.4, -0.2) is 57.6 Å². The molecule has 6 rings (SSSR count). The van der Waals surface area contributed by atoms with Crippen LogP contribution in [0.1, 0.15) is 19.7 Å². The molecule has 3 aromatic heterocycles. The van der Waals surface area contributed by atoms with Gasteiger partial charge in [-0.25, -0.2) is 23.7 Å². The van der Waals surface area contributed by atoms with Crippen LogP contribution in [0.3, 0.4) is 0 Å². The van der Waals surface area contributed by atoms with Crippen molar-refractivity contribution in [3.05, 3.63) is 60.1 Å². The second kappa shape index (κ2) is 8.57. The van der Waals surface area contributed by atoms with Crippen LogP contribution in [-0.2, 0) is 0 Å². The van der Waals surface area contributed by atoms with Crippen molar-refractivity contribution in [3.8, 4) is 16.9 Å². The molecule has 1 aromatic carbocycles. The van der Waals surface area contributed by atoms with E-state index in [1.165, 1.54) is 12.1 Å². The number of nitrogens with zero attached hydrogens (tertiary/aromatic N) is 6. The Morgan fingerprint density at radius 3 is 2.26 bits per heavy atom. The highest BCUT2D eigenvalue weighted by Crippen LogP contribution is 2.43. The van der Waals surface area contributed by atoms with Crippen molar-refractivity contribution in [3.63, 3.8) is 0 Å². The average Bonchev–Trinajstić information content (AvgIpc) is 3.12. The second-order valence-corrected chi connectivity index (χ2v) is 9.29. The Kier molecular flexibility index (Phi) is 5.67. The molecular weight excluding hydrogens is 448 g/mol. The zero-order valence-corrected chi connectivity index (χ0v) is 20.4. The first-order valence-electron chi connectivity index (χ1n) is 11.8. The van der Waals surface area contributed by atoms with Crippen molar-refractivity contribution in [1.82, 2.24) is 24.4 Å². The number of fused-ring (bicyclic) bond motifs is 1. The lowest BCUT2D eigenvalue weighted by molar-refractivity contribution is -0.00303. The molecule has 0 saturated carbocycles. The summed E-state index contributed by atoms with van der Waals surface area (Å²) in [6.45, 7) is 9.10. The summed E-state index contributed by atoms with van der Waals surface area (Å²) in [6.07, 6.45) is 1.62. The highest BCUT2D eigenvalue weighted by atomic mass is 19.1. The first kappa shape index (κ1) is 23.2. The van der Waals surface area contributed by atoms with Gasteiger partial charge in [-0.3, -0.25) is 4.57 Å². The fourth-order valence-corrected chi connectivity index (χ4v) is 5.35. The molecule has 7 nitrogen and oxygen atoms in total. The van der Waals surface area contributed by atoms with E-state index in [4.69, 9.17) is 10.7 Å². The molecule has 2 aliphatic heterocycles. The summed E-state index contributed by atoms with van der Waals surface area (Å²) in [4.78, 5) is 17.3. The summed E-state index contributed by atoms with van der Waals surface area (Å²) in [5, 5.41) is 0. The van der Waals surface area contributed by atoms with Gasteiger partial charge in [-0.15, -0.1) is 0 Å². The van der Waals surface area contributed by atoms with Crippen LogP contribution >= 0.6 is 0 Å². The van der Waals surface area contributed by atoms with Gasteiger partial charge >= 0.3 is 0 Å². The van der Waals surface area contributed by atoms with Crippen molar-refractivity contribution in [2.45, 2.75) is 20.8 Å². The number of aryl methyl sites for hydroxylation is 1. The standard InChI is InChI=1S/C24H23F2N7.C2H6/c1-14-29-20-4-3-19(15-5-6-28-21(27)7-15)30-23(20)33(14)16-8-17(25)22(18(26)9-16)32-12-24(13-32)10-31(2)11-24;1-2/h3-9H,10-13H2,1-2H3,(H2,27,28);1-2H3. The van der Waals surface area contributed by atoms with Crippen LogP contribution < -0.4 is 10.6 Å². The molecule has 5 heterocycles. The molecule has 4 aromatic rings. The number of nitrogens with two attached hydrogens (primary N) is 1. The van der Waals surface area contributed by atoms with E-state index in [1.54, 1.807) is 28.7 Å². The number of hydrogen-bond donors (Lipinski definition) is 1. The molecule has 2 N–H and O–H groups in total. The molecular formula is C26H29F2N7. The summed E-state index contributed by atoms with van der Waals surface area (Å²) in [5.74, 6) is -0.172. The summed E-state index contributed by atoms with van der Waals surface area (Å²) in [6, 6.07) is 9.96. The Balaban J connectivity index is 0.00000124. The Labute approximate surface area is 203 Å². The quantitative estimate of drug-likeness (QED) is 0.471. The molecule has 0 bridgehead atoms. The molecule has 182 valence electrons. The third-order valence-corrected chi connectivity index (χ3v) is 6.59. The Bertz CT molecular complexity index is 1380. The lowest BCUT2D eigenvalue weighted by Gasteiger charge is -2.60. The molecule has 0 atom stereocenters. The van der Waals surface area contributed by atoms with Gasteiger partial charge in [-0.05, 0) is 38.2 Å². The summed E-state index contributed by atoms with van der Waals surface area (Å²) < 4.78 is 32.0. The average molecular weight is 478 g/mol. The highest BCUT2D eigenvalue weighted by molar-refractivity contribution is 5.78. The number of aromatic nitrogens is 4. The SMILES string of the molecule is CC.Cc1nc2ccc(-c3ccnc(N)c3)nc2n1-c1cc(F)c(N2CC3(CN(C)C3)C2)c(F)c1. The molecule has 35 heavy (non-hydrogen) atoms. The van der Waals surface area contributed by atoms with E-state index in [9.17, 15) is 0 Å². The van der Waals surface area contributed by atoms with Gasteiger partial charge in [0.2, 0.25) is 0 Å². The molecule has 0 amide bonds. The Morgan fingerprint density at radius 1 is 0.943 bits per heavy atom. The normalized spacial score (nSPS) is 16.6. The number of pyridine rings is 2. The summed E-state index contributed by atoms with van der Waals surface area (Å²) in [7, 11) is 2.06. The number of benzene rings is 1. The van der Waals surface area contributed by atoms with E-state index in [0.717, 1.165) is 18.7 Å². The minimum Gasteiger partial charge on any atom is -0.384 e. The predicted octanol–water partition coefficient (Wildman–Crippen LogP) is 4.43. The zero-order valence-electron chi connectivity index (χ0n) is 20.4. The summed E-state index contributed by atoms with van der Waals surface area (Å²) >= 11 is 0. The van der Waals surface area contributed by atoms with Gasteiger partial charge < -0.3 is 15.5 Å². The van der Waals surface area contributed by atoms with Gasteiger partial charge in [0, 0.05) is 55.5 Å². The van der Waals surface area contributed by atoms with Crippen LogP contribution in [0.2, 0.25) is 0 Å². The number of nitrogen functional groups attached to an aromatic ring is 1. The number of rotatable bonds is 3. The number of anilines is 2.